The zero-order valence-corrected chi connectivity index (χ0v) is 28.4. The summed E-state index contributed by atoms with van der Waals surface area (Å²) in [5.74, 6) is 3.15. The van der Waals surface area contributed by atoms with Crippen molar-refractivity contribution in [3.8, 4) is 5.75 Å². The molecular formula is C41H44B2N2O2. The highest BCUT2D eigenvalue weighted by atomic mass is 16.5. The van der Waals surface area contributed by atoms with Crippen molar-refractivity contribution in [3.63, 3.8) is 0 Å². The van der Waals surface area contributed by atoms with Crippen LogP contribution in [-0.2, 0) is 0 Å². The Morgan fingerprint density at radius 3 is 2.09 bits per heavy atom. The van der Waals surface area contributed by atoms with Crippen molar-refractivity contribution >= 4 is 60.1 Å². The maximum Gasteiger partial charge on any atom is 0.220 e. The third kappa shape index (κ3) is 7.43. The second-order valence-electron chi connectivity index (χ2n) is 11.8. The fourth-order valence-electron chi connectivity index (χ4n) is 6.47. The second-order valence-corrected chi connectivity index (χ2v) is 11.8. The third-order valence-electron chi connectivity index (χ3n) is 8.54. The average molecular weight is 618 g/mol. The van der Waals surface area contributed by atoms with Crippen LogP contribution in [0.1, 0.15) is 58.8 Å². The SMILES string of the molecule is CCC.CCN1/C(=C/C2=CC3=C/C(=C/c4nc5cc6ccccc6cc5o4)CCC3CC2)Oc2cc3ccccc3cc21.[B]C.[B]C. The van der Waals surface area contributed by atoms with Crippen molar-refractivity contribution in [1.29, 1.82) is 0 Å². The van der Waals surface area contributed by atoms with Crippen molar-refractivity contribution < 1.29 is 9.15 Å². The molecule has 3 aliphatic rings. The molecule has 1 atom stereocenters. The maximum absolute atomic E-state index is 6.41. The van der Waals surface area contributed by atoms with Crippen molar-refractivity contribution in [2.45, 2.75) is 66.5 Å². The fraction of sp³-hybridized carbons (Fsp3) is 0.293. The van der Waals surface area contributed by atoms with E-state index in [1.807, 2.05) is 0 Å². The van der Waals surface area contributed by atoms with Crippen LogP contribution in [-0.4, -0.2) is 27.2 Å². The quantitative estimate of drug-likeness (QED) is 0.189. The molecule has 0 amide bonds. The van der Waals surface area contributed by atoms with Gasteiger partial charge >= 0.3 is 0 Å². The summed E-state index contributed by atoms with van der Waals surface area (Å²) in [5, 5.41) is 4.80. The summed E-state index contributed by atoms with van der Waals surface area (Å²) in [7, 11) is 9.00. The van der Waals surface area contributed by atoms with E-state index >= 15 is 0 Å². The van der Waals surface area contributed by atoms with Gasteiger partial charge in [-0.15, -0.1) is 0 Å². The van der Waals surface area contributed by atoms with E-state index in [9.17, 15) is 0 Å². The molecule has 47 heavy (non-hydrogen) atoms. The Morgan fingerprint density at radius 2 is 1.40 bits per heavy atom. The molecule has 6 heteroatoms. The number of fused-ring (bicyclic) bond motifs is 5. The minimum absolute atomic E-state index is 0.613. The summed E-state index contributed by atoms with van der Waals surface area (Å²) < 4.78 is 12.6. The van der Waals surface area contributed by atoms with Gasteiger partial charge in [-0.25, -0.2) is 4.98 Å². The van der Waals surface area contributed by atoms with Crippen LogP contribution >= 0.6 is 0 Å². The molecule has 1 unspecified atom stereocenters. The lowest BCUT2D eigenvalue weighted by atomic mass is 9.77. The molecule has 0 bridgehead atoms. The summed E-state index contributed by atoms with van der Waals surface area (Å²) >= 11 is 0. The molecule has 236 valence electrons. The van der Waals surface area contributed by atoms with Gasteiger partial charge in [-0.05, 0) is 101 Å². The van der Waals surface area contributed by atoms with E-state index in [2.05, 4.69) is 138 Å². The average Bonchev–Trinajstić information content (AvgIpc) is 3.66. The van der Waals surface area contributed by atoms with Crippen LogP contribution in [0.25, 0.3) is 38.7 Å². The summed E-state index contributed by atoms with van der Waals surface area (Å²) in [4.78, 5) is 7.07. The Kier molecular flexibility index (Phi) is 11.5. The minimum atomic E-state index is 0.613. The molecule has 1 aliphatic heterocycles. The number of ether oxygens (including phenoxy) is 1. The number of rotatable bonds is 3. The van der Waals surface area contributed by atoms with Gasteiger partial charge in [0.15, 0.2) is 11.3 Å². The fourth-order valence-corrected chi connectivity index (χ4v) is 6.47. The predicted octanol–water partition coefficient (Wildman–Crippen LogP) is 11.2. The summed E-state index contributed by atoms with van der Waals surface area (Å²) in [6, 6.07) is 25.4. The van der Waals surface area contributed by atoms with E-state index in [1.54, 1.807) is 0 Å². The first-order valence-corrected chi connectivity index (χ1v) is 16.9. The molecule has 0 spiro atoms. The molecule has 2 heterocycles. The molecule has 4 radical (unpaired) electrons. The van der Waals surface area contributed by atoms with Crippen LogP contribution in [0, 0.1) is 5.92 Å². The highest BCUT2D eigenvalue weighted by Gasteiger charge is 2.28. The maximum atomic E-state index is 6.41. The lowest BCUT2D eigenvalue weighted by Crippen LogP contribution is -2.20. The van der Waals surface area contributed by atoms with Crippen LogP contribution < -0.4 is 9.64 Å². The molecule has 2 aliphatic carbocycles. The monoisotopic (exact) mass is 618 g/mol. The molecule has 8 rings (SSSR count). The summed E-state index contributed by atoms with van der Waals surface area (Å²) in [5.41, 5.74) is 6.90. The predicted molar refractivity (Wildman–Crippen MR) is 202 cm³/mol. The largest absolute Gasteiger partial charge is 0.439 e. The molecular weight excluding hydrogens is 574 g/mol. The Hall–Kier alpha value is -4.44. The molecule has 5 aromatic rings. The van der Waals surface area contributed by atoms with Gasteiger partial charge < -0.3 is 14.1 Å². The van der Waals surface area contributed by atoms with E-state index in [4.69, 9.17) is 14.1 Å². The zero-order chi connectivity index (χ0) is 33.3. The summed E-state index contributed by atoms with van der Waals surface area (Å²) in [6.45, 7) is 10.3. The van der Waals surface area contributed by atoms with Crippen LogP contribution in [0.15, 0.2) is 118 Å². The first-order chi connectivity index (χ1) is 23.1. The van der Waals surface area contributed by atoms with Gasteiger partial charge in [0, 0.05) is 18.7 Å². The molecule has 0 fully saturated rings. The zero-order valence-electron chi connectivity index (χ0n) is 28.4. The topological polar surface area (TPSA) is 38.5 Å². The van der Waals surface area contributed by atoms with Gasteiger partial charge in [0.1, 0.15) is 5.52 Å². The number of nitrogens with zero attached hydrogens (tertiary/aromatic N) is 2. The smallest absolute Gasteiger partial charge is 0.220 e. The number of hydrogen-bond acceptors (Lipinski definition) is 4. The van der Waals surface area contributed by atoms with Gasteiger partial charge in [0.2, 0.25) is 11.8 Å². The van der Waals surface area contributed by atoms with Crippen LogP contribution in [0.5, 0.6) is 5.75 Å². The first-order valence-electron chi connectivity index (χ1n) is 16.9. The lowest BCUT2D eigenvalue weighted by molar-refractivity contribution is 0.438. The molecule has 0 N–H and O–H groups in total. The van der Waals surface area contributed by atoms with E-state index in [-0.39, 0.29) is 0 Å². The number of hydrogen-bond donors (Lipinski definition) is 0. The minimum Gasteiger partial charge on any atom is -0.439 e. The van der Waals surface area contributed by atoms with Gasteiger partial charge in [-0.2, -0.15) is 0 Å². The van der Waals surface area contributed by atoms with Crippen molar-refractivity contribution in [1.82, 2.24) is 4.98 Å². The number of aromatic nitrogens is 1. The number of benzene rings is 4. The standard InChI is InChI=1S/C36H30N2O2.C3H8.2CH3B/c1-2-38-32-20-27-8-4-6-10-29(27)22-34(32)40-36(38)18-24-12-14-25-13-11-23(15-30(25)16-24)17-35-37-31-19-26-7-3-5-9-28(26)21-33(31)39-35;1-3-2;2*1-2/h3-10,15-22,25H,2,11-14H2,1H3;3H2,1-2H3;2*1H3/b23-17+,36-18-;;;. The van der Waals surface area contributed by atoms with Crippen LogP contribution in [0.3, 0.4) is 0 Å². The molecule has 0 saturated heterocycles. The Balaban J connectivity index is 0.000000578. The highest BCUT2D eigenvalue weighted by molar-refractivity contribution is 6.05. The van der Waals surface area contributed by atoms with Crippen LogP contribution in [0.4, 0.5) is 5.69 Å². The van der Waals surface area contributed by atoms with Crippen molar-refractivity contribution in [2.24, 2.45) is 5.92 Å². The van der Waals surface area contributed by atoms with E-state index < -0.39 is 0 Å². The van der Waals surface area contributed by atoms with E-state index in [1.165, 1.54) is 64.8 Å². The Bertz CT molecular complexity index is 1910. The molecule has 4 aromatic carbocycles. The van der Waals surface area contributed by atoms with Crippen LogP contribution in [0.2, 0.25) is 13.6 Å². The van der Waals surface area contributed by atoms with Gasteiger partial charge in [-0.1, -0.05) is 94.6 Å². The lowest BCUT2D eigenvalue weighted by Gasteiger charge is -2.28. The first kappa shape index (κ1) is 33.9. The van der Waals surface area contributed by atoms with Gasteiger partial charge in [0.25, 0.3) is 0 Å². The highest BCUT2D eigenvalue weighted by Crippen LogP contribution is 2.43. The Labute approximate surface area is 282 Å². The van der Waals surface area contributed by atoms with E-state index in [0.717, 1.165) is 54.2 Å². The molecule has 1 aromatic heterocycles. The normalized spacial score (nSPS) is 18.1. The second kappa shape index (κ2) is 15.9. The van der Waals surface area contributed by atoms with Gasteiger partial charge in [-0.3, -0.25) is 0 Å². The number of anilines is 1. The molecule has 0 saturated carbocycles. The Morgan fingerprint density at radius 1 is 0.787 bits per heavy atom. The number of allylic oxidation sites excluding steroid dienone is 6. The third-order valence-corrected chi connectivity index (χ3v) is 8.54. The van der Waals surface area contributed by atoms with E-state index in [0.29, 0.717) is 11.8 Å². The van der Waals surface area contributed by atoms with Crippen molar-refractivity contribution in [2.75, 3.05) is 11.4 Å². The van der Waals surface area contributed by atoms with Gasteiger partial charge in [0.05, 0.1) is 21.4 Å². The van der Waals surface area contributed by atoms with Crippen molar-refractivity contribution in [3.05, 3.63) is 120 Å². The molecule has 4 nitrogen and oxygen atoms in total. The number of oxazole rings is 1. The summed E-state index contributed by atoms with van der Waals surface area (Å²) in [6.07, 6.45) is 14.8.